The van der Waals surface area contributed by atoms with E-state index in [-0.39, 0.29) is 29.0 Å². The van der Waals surface area contributed by atoms with Gasteiger partial charge in [0.15, 0.2) is 0 Å². The Bertz CT molecular complexity index is 1380. The molecule has 33 heavy (non-hydrogen) atoms. The number of fused-ring (bicyclic) bond motifs is 1. The quantitative estimate of drug-likeness (QED) is 0.440. The molecule has 0 atom stereocenters. The van der Waals surface area contributed by atoms with Gasteiger partial charge in [0, 0.05) is 22.8 Å². The smallest absolute Gasteiger partial charge is 0.406 e. The zero-order valence-corrected chi connectivity index (χ0v) is 16.8. The number of rotatable bonds is 5. The van der Waals surface area contributed by atoms with Crippen molar-refractivity contribution in [2.45, 2.75) is 12.9 Å². The van der Waals surface area contributed by atoms with Crippen LogP contribution in [0.1, 0.15) is 15.9 Å². The van der Waals surface area contributed by atoms with Crippen molar-refractivity contribution in [2.24, 2.45) is 0 Å². The predicted molar refractivity (Wildman–Crippen MR) is 113 cm³/mol. The van der Waals surface area contributed by atoms with Gasteiger partial charge in [0.05, 0.1) is 6.54 Å². The summed E-state index contributed by atoms with van der Waals surface area (Å²) >= 11 is 0. The number of nitrogens with zero attached hydrogens (tertiary/aromatic N) is 2. The van der Waals surface area contributed by atoms with Crippen LogP contribution in [0.15, 0.2) is 77.7 Å². The Hall–Kier alpha value is -4.21. The van der Waals surface area contributed by atoms with Crippen LogP contribution in [0.25, 0.3) is 11.0 Å². The third kappa shape index (κ3) is 5.00. The highest BCUT2D eigenvalue weighted by atomic mass is 19.4. The van der Waals surface area contributed by atoms with E-state index in [1.54, 1.807) is 18.2 Å². The highest BCUT2D eigenvalue weighted by Crippen LogP contribution is 2.24. The van der Waals surface area contributed by atoms with Gasteiger partial charge in [-0.1, -0.05) is 18.2 Å². The zero-order valence-electron chi connectivity index (χ0n) is 16.8. The number of amides is 1. The second kappa shape index (κ2) is 8.73. The number of benzene rings is 2. The van der Waals surface area contributed by atoms with Crippen molar-refractivity contribution < 1.29 is 27.1 Å². The van der Waals surface area contributed by atoms with Crippen molar-refractivity contribution >= 4 is 22.6 Å². The number of pyridine rings is 2. The lowest BCUT2D eigenvalue weighted by molar-refractivity contribution is -0.274. The summed E-state index contributed by atoms with van der Waals surface area (Å²) in [6.45, 7) is -0.149. The SMILES string of the molecule is O=C(Nc1ccc(OC(F)(F)F)cc1)c1cc2cccnc2n(Cc2ccccc2F)c1=O. The summed E-state index contributed by atoms with van der Waals surface area (Å²) in [5, 5.41) is 2.95. The average Bonchev–Trinajstić information content (AvgIpc) is 2.77. The predicted octanol–water partition coefficient (Wildman–Crippen LogP) is 4.73. The number of carbonyl (C=O) groups is 1. The Morgan fingerprint density at radius 3 is 2.45 bits per heavy atom. The van der Waals surface area contributed by atoms with Crippen LogP contribution in [0.5, 0.6) is 5.75 Å². The molecule has 0 fully saturated rings. The minimum Gasteiger partial charge on any atom is -0.406 e. The van der Waals surface area contributed by atoms with E-state index in [9.17, 15) is 27.2 Å². The van der Waals surface area contributed by atoms with E-state index in [2.05, 4.69) is 15.0 Å². The molecule has 1 amide bonds. The fourth-order valence-electron chi connectivity index (χ4n) is 3.25. The normalized spacial score (nSPS) is 11.4. The maximum atomic E-state index is 14.2. The van der Waals surface area contributed by atoms with Crippen LogP contribution in [0, 0.1) is 5.82 Å². The van der Waals surface area contributed by atoms with Crippen molar-refractivity contribution in [3.63, 3.8) is 0 Å². The average molecular weight is 457 g/mol. The fourth-order valence-corrected chi connectivity index (χ4v) is 3.25. The van der Waals surface area contributed by atoms with Crippen LogP contribution >= 0.6 is 0 Å². The first-order valence-corrected chi connectivity index (χ1v) is 9.60. The van der Waals surface area contributed by atoms with Crippen molar-refractivity contribution in [1.29, 1.82) is 0 Å². The monoisotopic (exact) mass is 457 g/mol. The zero-order chi connectivity index (χ0) is 23.6. The van der Waals surface area contributed by atoms with Crippen LogP contribution in [-0.2, 0) is 6.54 Å². The van der Waals surface area contributed by atoms with Crippen LogP contribution in [-0.4, -0.2) is 21.8 Å². The van der Waals surface area contributed by atoms with Crippen LogP contribution in [0.4, 0.5) is 23.2 Å². The van der Waals surface area contributed by atoms with E-state index in [1.165, 1.54) is 47.2 Å². The second-order valence-corrected chi connectivity index (χ2v) is 6.98. The lowest BCUT2D eigenvalue weighted by Gasteiger charge is -2.13. The summed E-state index contributed by atoms with van der Waals surface area (Å²) in [5.74, 6) is -1.74. The van der Waals surface area contributed by atoms with Gasteiger partial charge in [-0.2, -0.15) is 0 Å². The summed E-state index contributed by atoms with van der Waals surface area (Å²) in [7, 11) is 0. The molecule has 2 heterocycles. The van der Waals surface area contributed by atoms with E-state index in [0.717, 1.165) is 12.1 Å². The van der Waals surface area contributed by atoms with Gasteiger partial charge in [-0.05, 0) is 48.5 Å². The number of nitrogens with one attached hydrogen (secondary N) is 1. The Kier molecular flexibility index (Phi) is 5.82. The molecule has 0 bridgehead atoms. The molecule has 4 rings (SSSR count). The largest absolute Gasteiger partial charge is 0.573 e. The number of carbonyl (C=O) groups excluding carboxylic acids is 1. The highest BCUT2D eigenvalue weighted by Gasteiger charge is 2.31. The number of anilines is 1. The number of alkyl halides is 3. The summed E-state index contributed by atoms with van der Waals surface area (Å²) in [6, 6.07) is 15.0. The van der Waals surface area contributed by atoms with E-state index in [4.69, 9.17) is 0 Å². The molecule has 0 aliphatic carbocycles. The molecule has 6 nitrogen and oxygen atoms in total. The standard InChI is InChI=1S/C23H15F4N3O3/c24-19-6-2-1-4-15(19)13-30-20-14(5-3-11-28-20)12-18(22(30)32)21(31)29-16-7-9-17(10-8-16)33-23(25,26)27/h1-12H,13H2,(H,29,31). The topological polar surface area (TPSA) is 73.2 Å². The number of hydrogen-bond donors (Lipinski definition) is 1. The minimum atomic E-state index is -4.84. The van der Waals surface area contributed by atoms with Crippen LogP contribution in [0.2, 0.25) is 0 Å². The Balaban J connectivity index is 1.68. The highest BCUT2D eigenvalue weighted by molar-refractivity contribution is 6.05. The van der Waals surface area contributed by atoms with E-state index in [0.29, 0.717) is 5.39 Å². The molecule has 2 aromatic heterocycles. The number of halogens is 4. The van der Waals surface area contributed by atoms with Crippen molar-refractivity contribution in [1.82, 2.24) is 9.55 Å². The molecule has 0 unspecified atom stereocenters. The van der Waals surface area contributed by atoms with Gasteiger partial charge >= 0.3 is 6.36 Å². The summed E-state index contributed by atoms with van der Waals surface area (Å²) < 4.78 is 56.1. The molecule has 0 spiro atoms. The van der Waals surface area contributed by atoms with Crippen molar-refractivity contribution in [3.05, 3.63) is 100 Å². The molecule has 0 aliphatic heterocycles. The maximum absolute atomic E-state index is 14.2. The van der Waals surface area contributed by atoms with Gasteiger partial charge in [0.1, 0.15) is 22.8 Å². The second-order valence-electron chi connectivity index (χ2n) is 6.98. The number of ether oxygens (including phenoxy) is 1. The lowest BCUT2D eigenvalue weighted by Crippen LogP contribution is -2.30. The molecular weight excluding hydrogens is 442 g/mol. The first-order chi connectivity index (χ1) is 15.7. The van der Waals surface area contributed by atoms with Gasteiger partial charge < -0.3 is 10.1 Å². The first-order valence-electron chi connectivity index (χ1n) is 9.60. The molecule has 1 N–H and O–H groups in total. The first kappa shape index (κ1) is 22.0. The van der Waals surface area contributed by atoms with Gasteiger partial charge in [-0.3, -0.25) is 14.2 Å². The third-order valence-electron chi connectivity index (χ3n) is 4.72. The molecular formula is C23H15F4N3O3. The van der Waals surface area contributed by atoms with Gasteiger partial charge in [0.2, 0.25) is 0 Å². The van der Waals surface area contributed by atoms with E-state index < -0.39 is 29.4 Å². The Morgan fingerprint density at radius 2 is 1.76 bits per heavy atom. The van der Waals surface area contributed by atoms with Gasteiger partial charge in [-0.25, -0.2) is 9.37 Å². The molecule has 0 aliphatic rings. The fraction of sp³-hybridized carbons (Fsp3) is 0.0870. The Labute approximate surface area is 184 Å². The summed E-state index contributed by atoms with van der Waals surface area (Å²) in [4.78, 5) is 30.2. The van der Waals surface area contributed by atoms with Gasteiger partial charge in [0.25, 0.3) is 11.5 Å². The molecule has 0 saturated carbocycles. The maximum Gasteiger partial charge on any atom is 0.573 e. The number of aromatic nitrogens is 2. The van der Waals surface area contributed by atoms with E-state index >= 15 is 0 Å². The molecule has 0 radical (unpaired) electrons. The van der Waals surface area contributed by atoms with Crippen LogP contribution < -0.4 is 15.6 Å². The van der Waals surface area contributed by atoms with Gasteiger partial charge in [-0.15, -0.1) is 13.2 Å². The lowest BCUT2D eigenvalue weighted by atomic mass is 10.1. The van der Waals surface area contributed by atoms with Crippen molar-refractivity contribution in [2.75, 3.05) is 5.32 Å². The Morgan fingerprint density at radius 1 is 1.03 bits per heavy atom. The summed E-state index contributed by atoms with van der Waals surface area (Å²) in [6.07, 6.45) is -3.36. The van der Waals surface area contributed by atoms with E-state index in [1.807, 2.05) is 0 Å². The molecule has 10 heteroatoms. The molecule has 0 saturated heterocycles. The minimum absolute atomic E-state index is 0.149. The van der Waals surface area contributed by atoms with Crippen LogP contribution in [0.3, 0.4) is 0 Å². The number of hydrogen-bond acceptors (Lipinski definition) is 4. The molecule has 2 aromatic carbocycles. The van der Waals surface area contributed by atoms with Crippen molar-refractivity contribution in [3.8, 4) is 5.75 Å². The molecule has 4 aromatic rings. The third-order valence-corrected chi connectivity index (χ3v) is 4.72. The molecule has 168 valence electrons. The summed E-state index contributed by atoms with van der Waals surface area (Å²) in [5.41, 5.74) is -0.261.